The van der Waals surface area contributed by atoms with E-state index >= 15 is 0 Å². The van der Waals surface area contributed by atoms with Crippen molar-refractivity contribution in [3.8, 4) is 11.5 Å². The Morgan fingerprint density at radius 1 is 1.27 bits per heavy atom. The molecule has 1 aliphatic heterocycles. The lowest BCUT2D eigenvalue weighted by molar-refractivity contribution is 0.0936. The molecule has 0 saturated heterocycles. The monoisotopic (exact) mass is 378 g/mol. The fourth-order valence-electron chi connectivity index (χ4n) is 3.29. The predicted octanol–water partition coefficient (Wildman–Crippen LogP) is 3.96. The van der Waals surface area contributed by atoms with Crippen LogP contribution >= 0.6 is 7.60 Å². The Labute approximate surface area is 152 Å². The second-order valence-corrected chi connectivity index (χ2v) is 8.50. The Balaban J connectivity index is 1.92. The van der Waals surface area contributed by atoms with E-state index in [0.29, 0.717) is 12.4 Å². The summed E-state index contributed by atoms with van der Waals surface area (Å²) in [6.07, 6.45) is -0.885. The number of phenolic OH excluding ortho intramolecular Hbond substituents is 1. The van der Waals surface area contributed by atoms with Gasteiger partial charge in [0.05, 0.1) is 6.61 Å². The molecule has 26 heavy (non-hydrogen) atoms. The second-order valence-electron chi connectivity index (χ2n) is 6.92. The SMILES string of the molecule is Cc1cc(OCP(=O)(O)O)cc2c1C(c1ccc(O)c(C(C)C)c1)OC2. The summed E-state index contributed by atoms with van der Waals surface area (Å²) in [5.74, 6) is 0.891. The Hall–Kier alpha value is -1.85. The van der Waals surface area contributed by atoms with Gasteiger partial charge in [0.2, 0.25) is 0 Å². The fraction of sp³-hybridized carbons (Fsp3) is 0.368. The van der Waals surface area contributed by atoms with Gasteiger partial charge in [-0.15, -0.1) is 0 Å². The molecule has 0 radical (unpaired) electrons. The lowest BCUT2D eigenvalue weighted by Crippen LogP contribution is -2.03. The maximum Gasteiger partial charge on any atom is 0.362 e. The highest BCUT2D eigenvalue weighted by Gasteiger charge is 2.28. The van der Waals surface area contributed by atoms with E-state index in [-0.39, 0.29) is 17.8 Å². The van der Waals surface area contributed by atoms with Gasteiger partial charge in [0.1, 0.15) is 17.6 Å². The Bertz CT molecular complexity index is 871. The van der Waals surface area contributed by atoms with Crippen LogP contribution in [-0.4, -0.2) is 21.2 Å². The van der Waals surface area contributed by atoms with Crippen molar-refractivity contribution in [3.05, 3.63) is 58.1 Å². The molecule has 1 aliphatic rings. The van der Waals surface area contributed by atoms with Crippen LogP contribution in [0.15, 0.2) is 30.3 Å². The van der Waals surface area contributed by atoms with E-state index in [1.807, 2.05) is 32.9 Å². The molecule has 6 nitrogen and oxygen atoms in total. The first-order valence-electron chi connectivity index (χ1n) is 8.41. The van der Waals surface area contributed by atoms with Gasteiger partial charge in [0.15, 0.2) is 6.35 Å². The molecule has 0 aromatic heterocycles. The summed E-state index contributed by atoms with van der Waals surface area (Å²) >= 11 is 0. The molecule has 0 amide bonds. The van der Waals surface area contributed by atoms with Crippen molar-refractivity contribution in [2.45, 2.75) is 39.4 Å². The van der Waals surface area contributed by atoms with Crippen molar-refractivity contribution in [1.29, 1.82) is 0 Å². The lowest BCUT2D eigenvalue weighted by Gasteiger charge is -2.18. The minimum atomic E-state index is -4.22. The molecular formula is C19H23O6P. The Morgan fingerprint density at radius 3 is 2.65 bits per heavy atom. The molecule has 7 heteroatoms. The Morgan fingerprint density at radius 2 is 2.00 bits per heavy atom. The second kappa shape index (κ2) is 7.05. The molecule has 0 bridgehead atoms. The van der Waals surface area contributed by atoms with Crippen LogP contribution < -0.4 is 4.74 Å². The summed E-state index contributed by atoms with van der Waals surface area (Å²) in [6.45, 7) is 6.37. The van der Waals surface area contributed by atoms with E-state index in [4.69, 9.17) is 19.3 Å². The van der Waals surface area contributed by atoms with Crippen LogP contribution in [0.1, 0.15) is 53.7 Å². The van der Waals surface area contributed by atoms with Gasteiger partial charge in [-0.25, -0.2) is 0 Å². The van der Waals surface area contributed by atoms with Crippen LogP contribution in [0.2, 0.25) is 0 Å². The van der Waals surface area contributed by atoms with E-state index < -0.39 is 13.9 Å². The highest BCUT2D eigenvalue weighted by molar-refractivity contribution is 7.51. The maximum absolute atomic E-state index is 11.0. The molecule has 1 heterocycles. The standard InChI is InChI=1S/C19H23O6P/c1-11(2)16-8-13(4-5-17(16)20)19-18-12(3)6-15(7-14(18)9-24-19)25-10-26(21,22)23/h4-8,11,19-20H,9-10H2,1-3H3,(H2,21,22,23). The molecule has 0 aliphatic carbocycles. The number of hydrogen-bond acceptors (Lipinski definition) is 4. The number of aryl methyl sites for hydroxylation is 1. The van der Waals surface area contributed by atoms with Gasteiger partial charge in [-0.2, -0.15) is 0 Å². The lowest BCUT2D eigenvalue weighted by atomic mass is 9.92. The summed E-state index contributed by atoms with van der Waals surface area (Å²) in [7, 11) is -4.22. The molecule has 2 aromatic rings. The average molecular weight is 378 g/mol. The van der Waals surface area contributed by atoms with Gasteiger partial charge in [-0.05, 0) is 64.9 Å². The molecular weight excluding hydrogens is 355 g/mol. The van der Waals surface area contributed by atoms with Crippen molar-refractivity contribution >= 4 is 7.60 Å². The van der Waals surface area contributed by atoms with Crippen LogP contribution in [0.25, 0.3) is 0 Å². The number of fused-ring (bicyclic) bond motifs is 1. The molecule has 1 unspecified atom stereocenters. The third kappa shape index (κ3) is 3.94. The van der Waals surface area contributed by atoms with E-state index in [2.05, 4.69) is 0 Å². The van der Waals surface area contributed by atoms with E-state index in [1.165, 1.54) is 0 Å². The van der Waals surface area contributed by atoms with E-state index in [0.717, 1.165) is 27.8 Å². The first-order chi connectivity index (χ1) is 12.2. The van der Waals surface area contributed by atoms with Gasteiger partial charge in [0, 0.05) is 0 Å². The number of ether oxygens (including phenoxy) is 2. The number of rotatable bonds is 5. The number of aromatic hydroxyl groups is 1. The van der Waals surface area contributed by atoms with Crippen LogP contribution in [-0.2, 0) is 15.9 Å². The van der Waals surface area contributed by atoms with Gasteiger partial charge in [0.25, 0.3) is 0 Å². The predicted molar refractivity (Wildman–Crippen MR) is 97.5 cm³/mol. The molecule has 0 fully saturated rings. The van der Waals surface area contributed by atoms with Crippen LogP contribution in [0.4, 0.5) is 0 Å². The number of phenols is 1. The van der Waals surface area contributed by atoms with Crippen LogP contribution in [0, 0.1) is 6.92 Å². The largest absolute Gasteiger partial charge is 0.508 e. The highest BCUT2D eigenvalue weighted by Crippen LogP contribution is 2.42. The van der Waals surface area contributed by atoms with Gasteiger partial charge in [-0.3, -0.25) is 4.57 Å². The van der Waals surface area contributed by atoms with E-state index in [1.54, 1.807) is 18.2 Å². The van der Waals surface area contributed by atoms with Crippen molar-refractivity contribution < 1.29 is 28.9 Å². The van der Waals surface area contributed by atoms with Gasteiger partial charge >= 0.3 is 7.60 Å². The maximum atomic E-state index is 11.0. The van der Waals surface area contributed by atoms with Crippen LogP contribution in [0.3, 0.4) is 0 Å². The fourth-order valence-corrected chi connectivity index (χ4v) is 3.61. The average Bonchev–Trinajstić information content (AvgIpc) is 2.97. The highest BCUT2D eigenvalue weighted by atomic mass is 31.2. The van der Waals surface area contributed by atoms with Crippen molar-refractivity contribution in [2.75, 3.05) is 6.35 Å². The molecule has 3 N–H and O–H groups in total. The molecule has 140 valence electrons. The first kappa shape index (κ1) is 18.9. The number of hydrogen-bond donors (Lipinski definition) is 3. The molecule has 0 saturated carbocycles. The minimum Gasteiger partial charge on any atom is -0.508 e. The first-order valence-corrected chi connectivity index (χ1v) is 10.2. The molecule has 1 atom stereocenters. The molecule has 3 rings (SSSR count). The van der Waals surface area contributed by atoms with Crippen LogP contribution in [0.5, 0.6) is 11.5 Å². The minimum absolute atomic E-state index is 0.195. The topological polar surface area (TPSA) is 96.2 Å². The van der Waals surface area contributed by atoms with Gasteiger partial charge in [-0.1, -0.05) is 19.9 Å². The quantitative estimate of drug-likeness (QED) is 0.682. The van der Waals surface area contributed by atoms with Crippen molar-refractivity contribution in [2.24, 2.45) is 0 Å². The summed E-state index contributed by atoms with van der Waals surface area (Å²) in [4.78, 5) is 17.9. The van der Waals surface area contributed by atoms with Crippen molar-refractivity contribution in [1.82, 2.24) is 0 Å². The zero-order chi connectivity index (χ0) is 19.1. The smallest absolute Gasteiger partial charge is 0.362 e. The summed E-state index contributed by atoms with van der Waals surface area (Å²) in [5, 5.41) is 10.0. The molecule has 0 spiro atoms. The third-order valence-electron chi connectivity index (χ3n) is 4.49. The summed E-state index contributed by atoms with van der Waals surface area (Å²) in [6, 6.07) is 9.05. The summed E-state index contributed by atoms with van der Waals surface area (Å²) < 4.78 is 22.2. The van der Waals surface area contributed by atoms with Crippen molar-refractivity contribution in [3.63, 3.8) is 0 Å². The van der Waals surface area contributed by atoms with Gasteiger partial charge < -0.3 is 24.4 Å². The summed E-state index contributed by atoms with van der Waals surface area (Å²) in [5.41, 5.74) is 4.75. The molecule has 2 aromatic carbocycles. The van der Waals surface area contributed by atoms with E-state index in [9.17, 15) is 9.67 Å². The zero-order valence-electron chi connectivity index (χ0n) is 15.0. The number of benzene rings is 2. The normalized spacial score (nSPS) is 16.8. The zero-order valence-corrected chi connectivity index (χ0v) is 15.9. The third-order valence-corrected chi connectivity index (χ3v) is 4.95. The Kier molecular flexibility index (Phi) is 5.13.